The molecular weight excluding hydrogens is 302 g/mol. The predicted molar refractivity (Wildman–Crippen MR) is 94.1 cm³/mol. The van der Waals surface area contributed by atoms with Crippen LogP contribution in [-0.4, -0.2) is 42.7 Å². The second-order valence-corrected chi connectivity index (χ2v) is 6.20. The third kappa shape index (κ3) is 3.44. The van der Waals surface area contributed by atoms with Crippen LogP contribution in [0.25, 0.3) is 11.1 Å². The van der Waals surface area contributed by atoms with Gasteiger partial charge in [-0.25, -0.2) is 0 Å². The molecule has 1 aliphatic rings. The van der Waals surface area contributed by atoms with Crippen LogP contribution in [0.1, 0.15) is 23.2 Å². The highest BCUT2D eigenvalue weighted by Gasteiger charge is 2.23. The fourth-order valence-corrected chi connectivity index (χ4v) is 3.19. The number of ether oxygens (including phenoxy) is 1. The van der Waals surface area contributed by atoms with Gasteiger partial charge in [-0.1, -0.05) is 30.3 Å². The fourth-order valence-electron chi connectivity index (χ4n) is 3.19. The number of nitrogens with zero attached hydrogens (tertiary/aromatic N) is 1. The van der Waals surface area contributed by atoms with Gasteiger partial charge in [0.05, 0.1) is 7.11 Å². The molecule has 24 heavy (non-hydrogen) atoms. The van der Waals surface area contributed by atoms with Crippen molar-refractivity contribution in [3.8, 4) is 16.9 Å². The van der Waals surface area contributed by atoms with E-state index in [0.717, 1.165) is 29.7 Å². The molecule has 0 radical (unpaired) electrons. The molecule has 2 aromatic rings. The van der Waals surface area contributed by atoms with Crippen LogP contribution >= 0.6 is 0 Å². The minimum atomic E-state index is 0.0474. The lowest BCUT2D eigenvalue weighted by atomic mass is 9.96. The number of aliphatic hydroxyl groups excluding tert-OH is 1. The molecule has 0 spiro atoms. The molecule has 1 fully saturated rings. The summed E-state index contributed by atoms with van der Waals surface area (Å²) in [5, 5.41) is 9.24. The zero-order chi connectivity index (χ0) is 16.9. The largest absolute Gasteiger partial charge is 0.496 e. The Hall–Kier alpha value is -2.33. The molecule has 0 aromatic heterocycles. The van der Waals surface area contributed by atoms with Crippen LogP contribution in [0, 0.1) is 5.92 Å². The molecule has 0 saturated carbocycles. The topological polar surface area (TPSA) is 49.8 Å². The molecule has 0 aliphatic carbocycles. The quantitative estimate of drug-likeness (QED) is 0.939. The van der Waals surface area contributed by atoms with Gasteiger partial charge >= 0.3 is 0 Å². The first-order chi connectivity index (χ1) is 11.7. The maximum absolute atomic E-state index is 12.8. The summed E-state index contributed by atoms with van der Waals surface area (Å²) in [4.78, 5) is 14.7. The van der Waals surface area contributed by atoms with Gasteiger partial charge in [0, 0.05) is 30.8 Å². The average molecular weight is 325 g/mol. The predicted octanol–water partition coefficient (Wildman–Crippen LogP) is 3.21. The van der Waals surface area contributed by atoms with Gasteiger partial charge in [-0.05, 0) is 42.5 Å². The van der Waals surface area contributed by atoms with Crippen molar-refractivity contribution in [1.82, 2.24) is 4.90 Å². The number of benzene rings is 2. The van der Waals surface area contributed by atoms with E-state index in [-0.39, 0.29) is 12.5 Å². The Bertz CT molecular complexity index is 691. The summed E-state index contributed by atoms with van der Waals surface area (Å²) in [7, 11) is 1.64. The molecular formula is C20H23NO3. The van der Waals surface area contributed by atoms with E-state index in [2.05, 4.69) is 0 Å². The second kappa shape index (κ2) is 7.49. The number of carbonyl (C=O) groups excluding carboxylic acids is 1. The minimum absolute atomic E-state index is 0.0474. The van der Waals surface area contributed by atoms with Crippen molar-refractivity contribution in [2.24, 2.45) is 5.92 Å². The van der Waals surface area contributed by atoms with Gasteiger partial charge in [-0.15, -0.1) is 0 Å². The van der Waals surface area contributed by atoms with Crippen molar-refractivity contribution >= 4 is 5.91 Å². The van der Waals surface area contributed by atoms with Crippen LogP contribution in [-0.2, 0) is 0 Å². The van der Waals surface area contributed by atoms with Gasteiger partial charge in [0.25, 0.3) is 5.91 Å². The van der Waals surface area contributed by atoms with E-state index in [0.29, 0.717) is 24.6 Å². The number of amides is 1. The fraction of sp³-hybridized carbons (Fsp3) is 0.350. The second-order valence-electron chi connectivity index (χ2n) is 6.20. The van der Waals surface area contributed by atoms with E-state index in [9.17, 15) is 9.90 Å². The molecule has 0 unspecified atom stereocenters. The zero-order valence-electron chi connectivity index (χ0n) is 13.9. The Morgan fingerprint density at radius 3 is 2.50 bits per heavy atom. The standard InChI is InChI=1S/C20H23NO3/c1-24-19-8-7-17(13-18(19)16-5-3-2-4-6-16)20(23)21-11-9-15(14-22)10-12-21/h2-8,13,15,22H,9-12,14H2,1H3. The lowest BCUT2D eigenvalue weighted by molar-refractivity contribution is 0.0651. The highest BCUT2D eigenvalue weighted by atomic mass is 16.5. The molecule has 1 saturated heterocycles. The number of rotatable bonds is 4. The number of aliphatic hydroxyl groups is 1. The van der Waals surface area contributed by atoms with Gasteiger partial charge in [-0.2, -0.15) is 0 Å². The Morgan fingerprint density at radius 1 is 1.17 bits per heavy atom. The van der Waals surface area contributed by atoms with Gasteiger partial charge in [-0.3, -0.25) is 4.79 Å². The summed E-state index contributed by atoms with van der Waals surface area (Å²) in [6.45, 7) is 1.62. The summed E-state index contributed by atoms with van der Waals surface area (Å²) in [5.74, 6) is 1.13. The van der Waals surface area contributed by atoms with Crippen molar-refractivity contribution in [3.05, 3.63) is 54.1 Å². The first-order valence-corrected chi connectivity index (χ1v) is 8.36. The molecule has 1 amide bonds. The Morgan fingerprint density at radius 2 is 1.88 bits per heavy atom. The van der Waals surface area contributed by atoms with Crippen LogP contribution in [0.5, 0.6) is 5.75 Å². The van der Waals surface area contributed by atoms with Crippen molar-refractivity contribution in [2.75, 3.05) is 26.8 Å². The lowest BCUT2D eigenvalue weighted by Crippen LogP contribution is -2.39. The number of carbonyl (C=O) groups is 1. The van der Waals surface area contributed by atoms with Crippen LogP contribution in [0.3, 0.4) is 0 Å². The number of hydrogen-bond donors (Lipinski definition) is 1. The van der Waals surface area contributed by atoms with E-state index in [1.165, 1.54) is 0 Å². The molecule has 4 heteroatoms. The molecule has 1 aliphatic heterocycles. The molecule has 2 aromatic carbocycles. The Labute approximate surface area is 142 Å². The monoisotopic (exact) mass is 325 g/mol. The summed E-state index contributed by atoms with van der Waals surface area (Å²) >= 11 is 0. The van der Waals surface area contributed by atoms with Gasteiger partial charge in [0.15, 0.2) is 0 Å². The number of methoxy groups -OCH3 is 1. The summed E-state index contributed by atoms with van der Waals surface area (Å²) in [5.41, 5.74) is 2.63. The zero-order valence-corrected chi connectivity index (χ0v) is 13.9. The summed E-state index contributed by atoms with van der Waals surface area (Å²) < 4.78 is 5.46. The van der Waals surface area contributed by atoms with Crippen molar-refractivity contribution in [2.45, 2.75) is 12.8 Å². The Kier molecular flexibility index (Phi) is 5.16. The SMILES string of the molecule is COc1ccc(C(=O)N2CCC(CO)CC2)cc1-c1ccccc1. The summed E-state index contributed by atoms with van der Waals surface area (Å²) in [6.07, 6.45) is 1.73. The third-order valence-electron chi connectivity index (χ3n) is 4.69. The van der Waals surface area contributed by atoms with Crippen LogP contribution in [0.4, 0.5) is 0 Å². The molecule has 3 rings (SSSR count). The third-order valence-corrected chi connectivity index (χ3v) is 4.69. The average Bonchev–Trinajstić information content (AvgIpc) is 2.67. The highest BCUT2D eigenvalue weighted by molar-refractivity contribution is 5.96. The van der Waals surface area contributed by atoms with Crippen molar-refractivity contribution < 1.29 is 14.6 Å². The number of hydrogen-bond acceptors (Lipinski definition) is 3. The molecule has 0 bridgehead atoms. The van der Waals surface area contributed by atoms with Crippen LogP contribution < -0.4 is 4.74 Å². The van der Waals surface area contributed by atoms with E-state index < -0.39 is 0 Å². The van der Waals surface area contributed by atoms with E-state index >= 15 is 0 Å². The van der Waals surface area contributed by atoms with Gasteiger partial charge in [0.2, 0.25) is 0 Å². The number of likely N-dealkylation sites (tertiary alicyclic amines) is 1. The van der Waals surface area contributed by atoms with Crippen molar-refractivity contribution in [3.63, 3.8) is 0 Å². The van der Waals surface area contributed by atoms with Crippen LogP contribution in [0.15, 0.2) is 48.5 Å². The lowest BCUT2D eigenvalue weighted by Gasteiger charge is -2.31. The molecule has 4 nitrogen and oxygen atoms in total. The molecule has 0 atom stereocenters. The minimum Gasteiger partial charge on any atom is -0.496 e. The maximum atomic E-state index is 12.8. The van der Waals surface area contributed by atoms with E-state index in [1.807, 2.05) is 53.4 Å². The Balaban J connectivity index is 1.85. The number of piperidine rings is 1. The normalized spacial score (nSPS) is 15.3. The first kappa shape index (κ1) is 16.5. The van der Waals surface area contributed by atoms with Gasteiger partial charge in [0.1, 0.15) is 5.75 Å². The molecule has 1 heterocycles. The maximum Gasteiger partial charge on any atom is 0.253 e. The van der Waals surface area contributed by atoms with E-state index in [4.69, 9.17) is 4.74 Å². The molecule has 1 N–H and O–H groups in total. The molecule has 126 valence electrons. The first-order valence-electron chi connectivity index (χ1n) is 8.36. The van der Waals surface area contributed by atoms with E-state index in [1.54, 1.807) is 7.11 Å². The highest BCUT2D eigenvalue weighted by Crippen LogP contribution is 2.31. The van der Waals surface area contributed by atoms with Crippen molar-refractivity contribution in [1.29, 1.82) is 0 Å². The summed E-state index contributed by atoms with van der Waals surface area (Å²) in [6, 6.07) is 15.5. The smallest absolute Gasteiger partial charge is 0.253 e. The van der Waals surface area contributed by atoms with Crippen LogP contribution in [0.2, 0.25) is 0 Å². The van der Waals surface area contributed by atoms with Gasteiger partial charge < -0.3 is 14.7 Å².